The van der Waals surface area contributed by atoms with Gasteiger partial charge in [-0.2, -0.15) is 0 Å². The number of rotatable bonds is 7. The zero-order chi connectivity index (χ0) is 14.5. The molecule has 0 saturated carbocycles. The Hall–Kier alpha value is -1.11. The molecule has 0 radical (unpaired) electrons. The minimum Gasteiger partial charge on any atom is -0.480 e. The zero-order valence-corrected chi connectivity index (χ0v) is 12.0. The summed E-state index contributed by atoms with van der Waals surface area (Å²) in [6.45, 7) is 6.63. The van der Waals surface area contributed by atoms with Crippen LogP contribution in [0.4, 0.5) is 0 Å². The first-order valence-electron chi connectivity index (χ1n) is 5.84. The largest absolute Gasteiger partial charge is 0.480 e. The standard InChI is InChI=1S/C11H21NO5S/c1-7(2)5-6-12-10(13)8(3)18(16,17)9(4)11(14)15/h7-9H,5-6H2,1-4H3,(H,12,13)(H,14,15). The molecule has 0 aromatic rings. The molecule has 0 spiro atoms. The van der Waals surface area contributed by atoms with E-state index in [1.165, 1.54) is 6.92 Å². The summed E-state index contributed by atoms with van der Waals surface area (Å²) in [5.74, 6) is -1.70. The smallest absolute Gasteiger partial charge is 0.321 e. The Labute approximate surface area is 108 Å². The summed E-state index contributed by atoms with van der Waals surface area (Å²) < 4.78 is 23.5. The van der Waals surface area contributed by atoms with Gasteiger partial charge in [0, 0.05) is 6.54 Å². The minimum atomic E-state index is -4.00. The van der Waals surface area contributed by atoms with Gasteiger partial charge in [-0.25, -0.2) is 8.42 Å². The van der Waals surface area contributed by atoms with Crippen molar-refractivity contribution in [1.82, 2.24) is 5.32 Å². The summed E-state index contributed by atoms with van der Waals surface area (Å²) >= 11 is 0. The lowest BCUT2D eigenvalue weighted by Crippen LogP contribution is -2.44. The second-order valence-corrected chi connectivity index (χ2v) is 7.28. The highest BCUT2D eigenvalue weighted by atomic mass is 32.2. The SMILES string of the molecule is CC(C)CCNC(=O)C(C)S(=O)(=O)C(C)C(=O)O. The molecular weight excluding hydrogens is 258 g/mol. The van der Waals surface area contributed by atoms with Crippen molar-refractivity contribution < 1.29 is 23.1 Å². The van der Waals surface area contributed by atoms with E-state index < -0.39 is 32.2 Å². The van der Waals surface area contributed by atoms with E-state index in [0.29, 0.717) is 12.5 Å². The predicted molar refractivity (Wildman–Crippen MR) is 67.9 cm³/mol. The minimum absolute atomic E-state index is 0.387. The van der Waals surface area contributed by atoms with E-state index in [0.717, 1.165) is 13.3 Å². The number of hydrogen-bond acceptors (Lipinski definition) is 4. The molecule has 0 aromatic heterocycles. The van der Waals surface area contributed by atoms with Crippen molar-refractivity contribution in [3.05, 3.63) is 0 Å². The van der Waals surface area contributed by atoms with Crippen LogP contribution >= 0.6 is 0 Å². The van der Waals surface area contributed by atoms with Crippen LogP contribution in [0.15, 0.2) is 0 Å². The maximum Gasteiger partial charge on any atom is 0.321 e. The number of sulfone groups is 1. The van der Waals surface area contributed by atoms with E-state index in [9.17, 15) is 18.0 Å². The molecule has 0 heterocycles. The van der Waals surface area contributed by atoms with E-state index in [-0.39, 0.29) is 0 Å². The second-order valence-electron chi connectivity index (χ2n) is 4.69. The van der Waals surface area contributed by atoms with Gasteiger partial charge in [-0.1, -0.05) is 13.8 Å². The summed E-state index contributed by atoms with van der Waals surface area (Å²) in [6.07, 6.45) is 0.743. The van der Waals surface area contributed by atoms with Crippen molar-refractivity contribution in [2.24, 2.45) is 5.92 Å². The van der Waals surface area contributed by atoms with Gasteiger partial charge >= 0.3 is 5.97 Å². The summed E-state index contributed by atoms with van der Waals surface area (Å²) in [5, 5.41) is 8.26. The fourth-order valence-corrected chi connectivity index (χ4v) is 2.50. The summed E-state index contributed by atoms with van der Waals surface area (Å²) in [6, 6.07) is 0. The van der Waals surface area contributed by atoms with Gasteiger partial charge in [0.15, 0.2) is 15.1 Å². The van der Waals surface area contributed by atoms with Crippen molar-refractivity contribution in [2.75, 3.05) is 6.54 Å². The average molecular weight is 279 g/mol. The van der Waals surface area contributed by atoms with Gasteiger partial charge in [-0.15, -0.1) is 0 Å². The number of nitrogens with one attached hydrogen (secondary N) is 1. The van der Waals surface area contributed by atoms with Crippen LogP contribution in [-0.4, -0.2) is 42.4 Å². The predicted octanol–water partition coefficient (Wildman–Crippen LogP) is 0.425. The number of aliphatic carboxylic acids is 1. The lowest BCUT2D eigenvalue weighted by Gasteiger charge is -2.16. The molecule has 18 heavy (non-hydrogen) atoms. The Bertz CT molecular complexity index is 402. The van der Waals surface area contributed by atoms with Crippen molar-refractivity contribution in [2.45, 2.75) is 44.6 Å². The number of carboxylic acid groups (broad SMARTS) is 1. The van der Waals surface area contributed by atoms with E-state index in [1.807, 2.05) is 13.8 Å². The Morgan fingerprint density at radius 3 is 2.00 bits per heavy atom. The fourth-order valence-electron chi connectivity index (χ4n) is 1.22. The molecule has 2 N–H and O–H groups in total. The molecule has 0 aromatic carbocycles. The molecular formula is C11H21NO5S. The van der Waals surface area contributed by atoms with Crippen LogP contribution in [0, 0.1) is 5.92 Å². The molecule has 106 valence electrons. The summed E-state index contributed by atoms with van der Waals surface area (Å²) in [7, 11) is -4.00. The van der Waals surface area contributed by atoms with Crippen molar-refractivity contribution in [3.63, 3.8) is 0 Å². The Morgan fingerprint density at radius 1 is 1.11 bits per heavy atom. The second kappa shape index (κ2) is 6.72. The molecule has 0 aliphatic heterocycles. The van der Waals surface area contributed by atoms with E-state index in [4.69, 9.17) is 5.11 Å². The van der Waals surface area contributed by atoms with Crippen LogP contribution in [0.1, 0.15) is 34.1 Å². The molecule has 6 nitrogen and oxygen atoms in total. The lowest BCUT2D eigenvalue weighted by molar-refractivity contribution is -0.136. The highest BCUT2D eigenvalue weighted by molar-refractivity contribution is 7.94. The van der Waals surface area contributed by atoms with Crippen molar-refractivity contribution in [1.29, 1.82) is 0 Å². The molecule has 0 bridgehead atoms. The molecule has 0 saturated heterocycles. The van der Waals surface area contributed by atoms with Crippen LogP contribution in [0.5, 0.6) is 0 Å². The van der Waals surface area contributed by atoms with Gasteiger partial charge < -0.3 is 10.4 Å². The van der Waals surface area contributed by atoms with E-state index in [1.54, 1.807) is 0 Å². The lowest BCUT2D eigenvalue weighted by atomic mass is 10.1. The average Bonchev–Trinajstić information content (AvgIpc) is 2.25. The quantitative estimate of drug-likeness (QED) is 0.703. The first kappa shape index (κ1) is 16.9. The van der Waals surface area contributed by atoms with Crippen molar-refractivity contribution in [3.8, 4) is 0 Å². The zero-order valence-electron chi connectivity index (χ0n) is 11.1. The molecule has 1 amide bonds. The van der Waals surface area contributed by atoms with Crippen molar-refractivity contribution >= 4 is 21.7 Å². The van der Waals surface area contributed by atoms with Crippen LogP contribution in [0.2, 0.25) is 0 Å². The van der Waals surface area contributed by atoms with Crippen LogP contribution in [-0.2, 0) is 19.4 Å². The van der Waals surface area contributed by atoms with Gasteiger partial charge in [0.25, 0.3) is 0 Å². The number of hydrogen-bond donors (Lipinski definition) is 2. The molecule has 0 aliphatic carbocycles. The fraction of sp³-hybridized carbons (Fsp3) is 0.818. The highest BCUT2D eigenvalue weighted by Crippen LogP contribution is 2.10. The molecule has 2 atom stereocenters. The number of carboxylic acids is 1. The molecule has 2 unspecified atom stereocenters. The number of carbonyl (C=O) groups is 2. The van der Waals surface area contributed by atoms with Gasteiger partial charge in [0.05, 0.1) is 0 Å². The maximum atomic E-state index is 11.8. The topological polar surface area (TPSA) is 101 Å². The highest BCUT2D eigenvalue weighted by Gasteiger charge is 2.36. The molecule has 0 fully saturated rings. The van der Waals surface area contributed by atoms with Gasteiger partial charge in [0.1, 0.15) is 5.25 Å². The third kappa shape index (κ3) is 4.64. The Kier molecular flexibility index (Phi) is 6.31. The molecule has 7 heteroatoms. The monoisotopic (exact) mass is 279 g/mol. The van der Waals surface area contributed by atoms with Gasteiger partial charge in [-0.3, -0.25) is 9.59 Å². The van der Waals surface area contributed by atoms with Gasteiger partial charge in [0.2, 0.25) is 5.91 Å². The summed E-state index contributed by atoms with van der Waals surface area (Å²) in [5.41, 5.74) is 0. The third-order valence-electron chi connectivity index (χ3n) is 2.72. The van der Waals surface area contributed by atoms with Crippen LogP contribution in [0.3, 0.4) is 0 Å². The van der Waals surface area contributed by atoms with Crippen LogP contribution in [0.25, 0.3) is 0 Å². The first-order valence-corrected chi connectivity index (χ1v) is 7.44. The summed E-state index contributed by atoms with van der Waals surface area (Å²) in [4.78, 5) is 22.3. The maximum absolute atomic E-state index is 11.8. The third-order valence-corrected chi connectivity index (χ3v) is 5.11. The number of carbonyl (C=O) groups excluding carboxylic acids is 1. The Morgan fingerprint density at radius 2 is 1.61 bits per heavy atom. The molecule has 0 aliphatic rings. The van der Waals surface area contributed by atoms with Crippen LogP contribution < -0.4 is 5.32 Å². The number of amides is 1. The first-order chi connectivity index (χ1) is 8.10. The normalized spacial score (nSPS) is 15.2. The molecule has 0 rings (SSSR count). The van der Waals surface area contributed by atoms with E-state index in [2.05, 4.69) is 5.32 Å². The van der Waals surface area contributed by atoms with E-state index >= 15 is 0 Å². The van der Waals surface area contributed by atoms with Gasteiger partial charge in [-0.05, 0) is 26.2 Å². The Balaban J connectivity index is 4.59.